The van der Waals surface area contributed by atoms with E-state index in [0.717, 1.165) is 24.3 Å². The Hall–Kier alpha value is -2.61. The molecule has 0 aliphatic rings. The average molecular weight is 344 g/mol. The number of aromatic nitrogens is 1. The number of carbonyl (C=O) groups excluding carboxylic acids is 2. The summed E-state index contributed by atoms with van der Waals surface area (Å²) in [5.41, 5.74) is -0.751. The number of alkyl halides is 3. The molecule has 0 saturated carbocycles. The van der Waals surface area contributed by atoms with Crippen molar-refractivity contribution in [2.45, 2.75) is 6.18 Å². The molecule has 0 bridgehead atoms. The normalized spacial score (nSPS) is 11.0. The monoisotopic (exact) mass is 343 g/mol. The van der Waals surface area contributed by atoms with Gasteiger partial charge in [0.2, 0.25) is 0 Å². The molecular weight excluding hydrogens is 335 g/mol. The Balaban J connectivity index is 2.00. The summed E-state index contributed by atoms with van der Waals surface area (Å²) in [6.45, 7) is 0. The van der Waals surface area contributed by atoms with Crippen molar-refractivity contribution < 1.29 is 22.8 Å². The first kappa shape index (κ1) is 16.8. The van der Waals surface area contributed by atoms with Crippen LogP contribution in [-0.4, -0.2) is 16.9 Å². The Morgan fingerprint density at radius 2 is 1.74 bits per heavy atom. The minimum absolute atomic E-state index is 0.00302. The fourth-order valence-corrected chi connectivity index (χ4v) is 1.84. The summed E-state index contributed by atoms with van der Waals surface area (Å²) in [6, 6.07) is 5.71. The first-order chi connectivity index (χ1) is 10.8. The number of nitrogens with zero attached hydrogens (tertiary/aromatic N) is 1. The minimum atomic E-state index is -4.46. The lowest BCUT2D eigenvalue weighted by Gasteiger charge is -2.09. The number of halogens is 4. The number of hydrogen-bond acceptors (Lipinski definition) is 3. The number of anilines is 1. The van der Waals surface area contributed by atoms with Crippen molar-refractivity contribution in [3.63, 3.8) is 0 Å². The van der Waals surface area contributed by atoms with Crippen molar-refractivity contribution in [1.82, 2.24) is 10.3 Å². The third-order valence-electron chi connectivity index (χ3n) is 2.70. The topological polar surface area (TPSA) is 71.1 Å². The molecule has 2 rings (SSSR count). The number of pyridine rings is 1. The molecule has 0 atom stereocenters. The van der Waals surface area contributed by atoms with E-state index < -0.39 is 23.7 Å². The Kier molecular flexibility index (Phi) is 4.85. The standard InChI is InChI=1S/C14H9ClF3N3O2/c15-11-10(2-1-7-19-11)12(22)21-13(23)20-9-5-3-8(4-6-9)14(16,17)18/h1-7H,(H2,20,21,22,23). The maximum absolute atomic E-state index is 12.4. The summed E-state index contributed by atoms with van der Waals surface area (Å²) < 4.78 is 37.3. The second-order valence-electron chi connectivity index (χ2n) is 4.33. The summed E-state index contributed by atoms with van der Waals surface area (Å²) in [5.74, 6) is -0.785. The molecule has 0 aliphatic carbocycles. The van der Waals surface area contributed by atoms with E-state index in [0.29, 0.717) is 0 Å². The van der Waals surface area contributed by atoms with Gasteiger partial charge in [0.05, 0.1) is 11.1 Å². The molecule has 120 valence electrons. The summed E-state index contributed by atoms with van der Waals surface area (Å²) in [5, 5.41) is 4.16. The van der Waals surface area contributed by atoms with Crippen LogP contribution in [0.2, 0.25) is 5.15 Å². The molecule has 1 heterocycles. The predicted molar refractivity (Wildman–Crippen MR) is 77.2 cm³/mol. The van der Waals surface area contributed by atoms with E-state index in [9.17, 15) is 22.8 Å². The van der Waals surface area contributed by atoms with Gasteiger partial charge < -0.3 is 5.32 Å². The van der Waals surface area contributed by atoms with E-state index in [4.69, 9.17) is 11.6 Å². The fourth-order valence-electron chi connectivity index (χ4n) is 1.63. The summed E-state index contributed by atoms with van der Waals surface area (Å²) >= 11 is 5.71. The number of benzene rings is 1. The highest BCUT2D eigenvalue weighted by molar-refractivity contribution is 6.33. The highest BCUT2D eigenvalue weighted by Crippen LogP contribution is 2.29. The van der Waals surface area contributed by atoms with Crippen molar-refractivity contribution in [2.24, 2.45) is 0 Å². The lowest BCUT2D eigenvalue weighted by Crippen LogP contribution is -2.34. The van der Waals surface area contributed by atoms with Gasteiger partial charge in [-0.1, -0.05) is 11.6 Å². The van der Waals surface area contributed by atoms with Crippen LogP contribution >= 0.6 is 11.6 Å². The first-order valence-electron chi connectivity index (χ1n) is 6.17. The zero-order valence-electron chi connectivity index (χ0n) is 11.3. The van der Waals surface area contributed by atoms with Gasteiger partial charge in [0.1, 0.15) is 5.15 Å². The van der Waals surface area contributed by atoms with Crippen molar-refractivity contribution in [2.75, 3.05) is 5.32 Å². The minimum Gasteiger partial charge on any atom is -0.308 e. The second-order valence-corrected chi connectivity index (χ2v) is 4.68. The third kappa shape index (κ3) is 4.43. The summed E-state index contributed by atoms with van der Waals surface area (Å²) in [4.78, 5) is 27.2. The number of urea groups is 1. The van der Waals surface area contributed by atoms with Gasteiger partial charge in [-0.2, -0.15) is 13.2 Å². The zero-order valence-corrected chi connectivity index (χ0v) is 12.1. The molecule has 0 spiro atoms. The van der Waals surface area contributed by atoms with Gasteiger partial charge in [0.25, 0.3) is 5.91 Å². The molecule has 2 aromatic rings. The molecular formula is C14H9ClF3N3O2. The molecule has 0 fully saturated rings. The Labute approximate surface area is 133 Å². The van der Waals surface area contributed by atoms with Gasteiger partial charge in [-0.15, -0.1) is 0 Å². The van der Waals surface area contributed by atoms with E-state index in [1.807, 2.05) is 5.32 Å². The number of nitrogens with one attached hydrogen (secondary N) is 2. The van der Waals surface area contributed by atoms with Crippen molar-refractivity contribution in [3.8, 4) is 0 Å². The number of hydrogen-bond donors (Lipinski definition) is 2. The molecule has 1 aromatic carbocycles. The molecule has 0 saturated heterocycles. The lowest BCUT2D eigenvalue weighted by molar-refractivity contribution is -0.137. The lowest BCUT2D eigenvalue weighted by atomic mass is 10.2. The highest BCUT2D eigenvalue weighted by atomic mass is 35.5. The highest BCUT2D eigenvalue weighted by Gasteiger charge is 2.30. The van der Waals surface area contributed by atoms with Crippen LogP contribution in [0, 0.1) is 0 Å². The maximum atomic E-state index is 12.4. The maximum Gasteiger partial charge on any atom is 0.416 e. The summed E-state index contributed by atoms with van der Waals surface area (Å²) in [7, 11) is 0. The van der Waals surface area contributed by atoms with Crippen LogP contribution < -0.4 is 10.6 Å². The van der Waals surface area contributed by atoms with Crippen LogP contribution in [0.15, 0.2) is 42.6 Å². The van der Waals surface area contributed by atoms with Crippen molar-refractivity contribution in [3.05, 3.63) is 58.9 Å². The first-order valence-corrected chi connectivity index (χ1v) is 6.55. The Bertz CT molecular complexity index is 733. The van der Waals surface area contributed by atoms with Gasteiger partial charge in [-0.05, 0) is 36.4 Å². The van der Waals surface area contributed by atoms with Crippen LogP contribution in [0.4, 0.5) is 23.7 Å². The predicted octanol–water partition coefficient (Wildman–Crippen LogP) is 3.72. The molecule has 0 radical (unpaired) electrons. The molecule has 0 aliphatic heterocycles. The average Bonchev–Trinajstić information content (AvgIpc) is 2.47. The van der Waals surface area contributed by atoms with Crippen molar-refractivity contribution in [1.29, 1.82) is 0 Å². The molecule has 0 unspecified atom stereocenters. The van der Waals surface area contributed by atoms with Crippen LogP contribution in [0.3, 0.4) is 0 Å². The van der Waals surface area contributed by atoms with Crippen LogP contribution in [0.25, 0.3) is 0 Å². The number of amides is 3. The number of rotatable bonds is 2. The Morgan fingerprint density at radius 3 is 2.30 bits per heavy atom. The second kappa shape index (κ2) is 6.66. The van der Waals surface area contributed by atoms with Gasteiger partial charge in [0.15, 0.2) is 0 Å². The van der Waals surface area contributed by atoms with Gasteiger partial charge in [0, 0.05) is 11.9 Å². The largest absolute Gasteiger partial charge is 0.416 e. The van der Waals surface area contributed by atoms with E-state index >= 15 is 0 Å². The quantitative estimate of drug-likeness (QED) is 0.816. The number of carbonyl (C=O) groups is 2. The van der Waals surface area contributed by atoms with Crippen molar-refractivity contribution >= 4 is 29.2 Å². The SMILES string of the molecule is O=C(NC(=O)c1cccnc1Cl)Nc1ccc(C(F)(F)F)cc1. The van der Waals surface area contributed by atoms with E-state index in [1.165, 1.54) is 18.3 Å². The van der Waals surface area contributed by atoms with Crippen LogP contribution in [0.5, 0.6) is 0 Å². The molecule has 2 N–H and O–H groups in total. The van der Waals surface area contributed by atoms with Gasteiger partial charge >= 0.3 is 12.2 Å². The summed E-state index contributed by atoms with van der Waals surface area (Å²) in [6.07, 6.45) is -3.09. The van der Waals surface area contributed by atoms with Crippen LogP contribution in [0.1, 0.15) is 15.9 Å². The third-order valence-corrected chi connectivity index (χ3v) is 3.00. The van der Waals surface area contributed by atoms with Gasteiger partial charge in [-0.25, -0.2) is 9.78 Å². The van der Waals surface area contributed by atoms with E-state index in [1.54, 1.807) is 0 Å². The smallest absolute Gasteiger partial charge is 0.308 e. The molecule has 5 nitrogen and oxygen atoms in total. The van der Waals surface area contributed by atoms with Crippen LogP contribution in [-0.2, 0) is 6.18 Å². The zero-order chi connectivity index (χ0) is 17.0. The molecule has 9 heteroatoms. The Morgan fingerprint density at radius 1 is 1.09 bits per heavy atom. The van der Waals surface area contributed by atoms with E-state index in [-0.39, 0.29) is 16.4 Å². The molecule has 3 amide bonds. The van der Waals surface area contributed by atoms with Gasteiger partial charge in [-0.3, -0.25) is 10.1 Å². The fraction of sp³-hybridized carbons (Fsp3) is 0.0714. The number of imide groups is 1. The molecule has 1 aromatic heterocycles. The van der Waals surface area contributed by atoms with E-state index in [2.05, 4.69) is 10.3 Å². The molecule has 23 heavy (non-hydrogen) atoms.